The van der Waals surface area contributed by atoms with Crippen LogP contribution in [0.25, 0.3) is 5.69 Å². The third kappa shape index (κ3) is 4.21. The van der Waals surface area contributed by atoms with Gasteiger partial charge in [0.15, 0.2) is 0 Å². The lowest BCUT2D eigenvalue weighted by Gasteiger charge is -2.58. The van der Waals surface area contributed by atoms with Gasteiger partial charge in [0.05, 0.1) is 5.69 Å². The molecule has 0 unspecified atom stereocenters. The van der Waals surface area contributed by atoms with Crippen molar-refractivity contribution >= 4 is 11.8 Å². The minimum Gasteiger partial charge on any atom is -0.328 e. The maximum atomic E-state index is 12.5. The zero-order chi connectivity index (χ0) is 21.4. The molecular weight excluding hydrogens is 394 g/mol. The summed E-state index contributed by atoms with van der Waals surface area (Å²) < 4.78 is 1.48. The molecule has 0 radical (unpaired) electrons. The molecule has 1 aromatic heterocycles. The molecule has 3 heterocycles. The number of carbonyl (C=O) groups excluding carboxylic acids is 1. The lowest BCUT2D eigenvalue weighted by Crippen LogP contribution is -2.64. The van der Waals surface area contributed by atoms with Gasteiger partial charge < -0.3 is 16.0 Å². The Morgan fingerprint density at radius 3 is 2.52 bits per heavy atom. The number of carbonyl (C=O) groups is 1. The number of amides is 2. The molecule has 9 heteroatoms. The lowest BCUT2D eigenvalue weighted by molar-refractivity contribution is -0.0752. The monoisotopic (exact) mass is 423 g/mol. The summed E-state index contributed by atoms with van der Waals surface area (Å²) in [6, 6.07) is 9.80. The van der Waals surface area contributed by atoms with E-state index in [0.717, 1.165) is 51.3 Å². The first-order valence-electron chi connectivity index (χ1n) is 10.9. The van der Waals surface area contributed by atoms with E-state index < -0.39 is 5.69 Å². The maximum Gasteiger partial charge on any atom is 0.354 e. The van der Waals surface area contributed by atoms with E-state index in [2.05, 4.69) is 32.7 Å². The van der Waals surface area contributed by atoms with E-state index in [-0.39, 0.29) is 11.8 Å². The SMILES string of the molecule is NC1CC2(C1)CN(Cc1ccc(-n3ccc(NC(=O)N4CCNCC4)nc3=O)cc1)C2. The number of nitrogens with two attached hydrogens (primary N) is 1. The molecule has 3 fully saturated rings. The first-order chi connectivity index (χ1) is 15.0. The van der Waals surface area contributed by atoms with Crippen LogP contribution in [0.1, 0.15) is 18.4 Å². The molecular formula is C22H29N7O2. The highest BCUT2D eigenvalue weighted by Gasteiger charge is 2.50. The van der Waals surface area contributed by atoms with Crippen molar-refractivity contribution in [2.24, 2.45) is 11.1 Å². The van der Waals surface area contributed by atoms with Crippen molar-refractivity contribution in [3.05, 3.63) is 52.6 Å². The number of benzene rings is 1. The summed E-state index contributed by atoms with van der Waals surface area (Å²) in [6.45, 7) is 6.00. The van der Waals surface area contributed by atoms with E-state index in [1.54, 1.807) is 17.2 Å². The highest BCUT2D eigenvalue weighted by Crippen LogP contribution is 2.47. The average molecular weight is 424 g/mol. The van der Waals surface area contributed by atoms with Gasteiger partial charge in [-0.2, -0.15) is 4.98 Å². The highest BCUT2D eigenvalue weighted by molar-refractivity contribution is 5.88. The predicted octanol–water partition coefficient (Wildman–Crippen LogP) is 0.593. The summed E-state index contributed by atoms with van der Waals surface area (Å²) in [5.41, 5.74) is 7.98. The molecule has 4 N–H and O–H groups in total. The van der Waals surface area contributed by atoms with E-state index >= 15 is 0 Å². The van der Waals surface area contributed by atoms with Crippen LogP contribution in [0.4, 0.5) is 10.6 Å². The maximum absolute atomic E-state index is 12.5. The summed E-state index contributed by atoms with van der Waals surface area (Å²) in [5, 5.41) is 5.92. The van der Waals surface area contributed by atoms with Gasteiger partial charge in [-0.25, -0.2) is 9.59 Å². The van der Waals surface area contributed by atoms with Gasteiger partial charge in [-0.05, 0) is 42.0 Å². The lowest BCUT2D eigenvalue weighted by atomic mass is 9.61. The molecule has 31 heavy (non-hydrogen) atoms. The van der Waals surface area contributed by atoms with Gasteiger partial charge in [-0.15, -0.1) is 0 Å². The molecule has 2 aromatic rings. The third-order valence-electron chi connectivity index (χ3n) is 6.57. The normalized spacial score (nSPS) is 20.9. The summed E-state index contributed by atoms with van der Waals surface area (Å²) in [7, 11) is 0. The van der Waals surface area contributed by atoms with Crippen LogP contribution in [0.2, 0.25) is 0 Å². The second kappa shape index (κ2) is 8.07. The Kier molecular flexibility index (Phi) is 5.25. The number of rotatable bonds is 4. The van der Waals surface area contributed by atoms with Crippen molar-refractivity contribution < 1.29 is 4.79 Å². The number of hydrogen-bond donors (Lipinski definition) is 3. The molecule has 0 atom stereocenters. The molecule has 3 aliphatic rings. The van der Waals surface area contributed by atoms with E-state index in [0.29, 0.717) is 24.5 Å². The molecule has 1 spiro atoms. The molecule has 1 saturated carbocycles. The van der Waals surface area contributed by atoms with Gasteiger partial charge in [0.2, 0.25) is 0 Å². The van der Waals surface area contributed by atoms with Gasteiger partial charge in [0.25, 0.3) is 0 Å². The van der Waals surface area contributed by atoms with Crippen molar-refractivity contribution in [2.45, 2.75) is 25.4 Å². The second-order valence-electron chi connectivity index (χ2n) is 9.11. The van der Waals surface area contributed by atoms with Crippen molar-refractivity contribution in [1.29, 1.82) is 0 Å². The Morgan fingerprint density at radius 2 is 1.87 bits per heavy atom. The number of urea groups is 1. The Balaban J connectivity index is 1.19. The number of nitrogens with one attached hydrogen (secondary N) is 2. The zero-order valence-corrected chi connectivity index (χ0v) is 17.6. The summed E-state index contributed by atoms with van der Waals surface area (Å²) in [6.07, 6.45) is 3.96. The second-order valence-corrected chi connectivity index (χ2v) is 9.11. The fourth-order valence-electron chi connectivity index (χ4n) is 5.07. The molecule has 2 amide bonds. The largest absolute Gasteiger partial charge is 0.354 e. The summed E-state index contributed by atoms with van der Waals surface area (Å²) in [5.74, 6) is 0.267. The fourth-order valence-corrected chi connectivity index (χ4v) is 5.07. The molecule has 2 saturated heterocycles. The predicted molar refractivity (Wildman–Crippen MR) is 118 cm³/mol. The zero-order valence-electron chi connectivity index (χ0n) is 17.6. The van der Waals surface area contributed by atoms with Crippen LogP contribution in [-0.4, -0.2) is 70.7 Å². The molecule has 5 rings (SSSR count). The molecule has 1 aliphatic carbocycles. The highest BCUT2D eigenvalue weighted by atomic mass is 16.2. The summed E-state index contributed by atoms with van der Waals surface area (Å²) in [4.78, 5) is 33.0. The Labute approximate surface area is 181 Å². The molecule has 9 nitrogen and oxygen atoms in total. The van der Waals surface area contributed by atoms with E-state index in [1.165, 1.54) is 10.1 Å². The minimum atomic E-state index is -0.420. The Hall–Kier alpha value is -2.75. The van der Waals surface area contributed by atoms with Crippen molar-refractivity contribution in [3.8, 4) is 5.69 Å². The number of likely N-dealkylation sites (tertiary alicyclic amines) is 1. The first kappa shape index (κ1) is 20.2. The van der Waals surface area contributed by atoms with Gasteiger partial charge in [-0.1, -0.05) is 12.1 Å². The summed E-state index contributed by atoms with van der Waals surface area (Å²) >= 11 is 0. The van der Waals surface area contributed by atoms with Crippen LogP contribution in [0.5, 0.6) is 0 Å². The molecule has 1 aromatic carbocycles. The van der Waals surface area contributed by atoms with E-state index in [4.69, 9.17) is 5.73 Å². The minimum absolute atomic E-state index is 0.229. The fraction of sp³-hybridized carbons (Fsp3) is 0.500. The van der Waals surface area contributed by atoms with Gasteiger partial charge >= 0.3 is 11.7 Å². The third-order valence-corrected chi connectivity index (χ3v) is 6.57. The van der Waals surface area contributed by atoms with Crippen molar-refractivity contribution in [3.63, 3.8) is 0 Å². The topological polar surface area (TPSA) is 109 Å². The van der Waals surface area contributed by atoms with Crippen LogP contribution >= 0.6 is 0 Å². The average Bonchev–Trinajstić information content (AvgIpc) is 2.73. The van der Waals surface area contributed by atoms with Crippen molar-refractivity contribution in [2.75, 3.05) is 44.6 Å². The van der Waals surface area contributed by atoms with Crippen LogP contribution < -0.4 is 22.1 Å². The van der Waals surface area contributed by atoms with E-state index in [9.17, 15) is 9.59 Å². The van der Waals surface area contributed by atoms with Crippen LogP contribution in [-0.2, 0) is 6.54 Å². The molecule has 164 valence electrons. The first-order valence-corrected chi connectivity index (χ1v) is 10.9. The number of nitrogens with zero attached hydrogens (tertiary/aromatic N) is 4. The number of hydrogen-bond acceptors (Lipinski definition) is 6. The van der Waals surface area contributed by atoms with Gasteiger partial charge in [0.1, 0.15) is 5.82 Å². The standard InChI is InChI=1S/C22H29N7O2/c23-17-11-22(12-17)14-27(15-22)13-16-1-3-18(4-2-16)29-8-5-19(26-21(29)31)25-20(30)28-9-6-24-7-10-28/h1-5,8,17,24H,6-7,9-15,23H2,(H,25,26,30,31). The molecule has 0 bridgehead atoms. The number of piperazine rings is 1. The number of anilines is 1. The van der Waals surface area contributed by atoms with Crippen LogP contribution in [0.3, 0.4) is 0 Å². The van der Waals surface area contributed by atoms with Crippen LogP contribution in [0.15, 0.2) is 41.3 Å². The smallest absolute Gasteiger partial charge is 0.328 e. The van der Waals surface area contributed by atoms with Crippen molar-refractivity contribution in [1.82, 2.24) is 24.7 Å². The Morgan fingerprint density at radius 1 is 1.16 bits per heavy atom. The van der Waals surface area contributed by atoms with E-state index in [1.807, 2.05) is 12.1 Å². The Bertz CT molecular complexity index is 999. The van der Waals surface area contributed by atoms with Gasteiger partial charge in [0, 0.05) is 58.1 Å². The molecule has 2 aliphatic heterocycles. The quantitative estimate of drug-likeness (QED) is 0.664. The number of aromatic nitrogens is 2. The van der Waals surface area contributed by atoms with Gasteiger partial charge in [-0.3, -0.25) is 14.8 Å². The van der Waals surface area contributed by atoms with Crippen LogP contribution in [0, 0.1) is 5.41 Å².